The van der Waals surface area contributed by atoms with Gasteiger partial charge in [0, 0.05) is 20.7 Å². The predicted molar refractivity (Wildman–Crippen MR) is 93.5 cm³/mol. The Bertz CT molecular complexity index is 433. The smallest absolute Gasteiger partial charge is 0.0311 e. The number of hydrogen-bond acceptors (Lipinski definition) is 2. The van der Waals surface area contributed by atoms with E-state index in [4.69, 9.17) is 0 Å². The summed E-state index contributed by atoms with van der Waals surface area (Å²) in [7, 11) is 0. The second kappa shape index (κ2) is 7.33. The lowest BCUT2D eigenvalue weighted by molar-refractivity contribution is 0.175. The summed E-state index contributed by atoms with van der Waals surface area (Å²) < 4.78 is 1.22. The highest BCUT2D eigenvalue weighted by atomic mass is 79.9. The van der Waals surface area contributed by atoms with Crippen LogP contribution >= 0.6 is 27.7 Å². The van der Waals surface area contributed by atoms with Crippen LogP contribution in [0.5, 0.6) is 0 Å². The highest BCUT2D eigenvalue weighted by Crippen LogP contribution is 2.44. The molecule has 1 saturated carbocycles. The van der Waals surface area contributed by atoms with Gasteiger partial charge in [0.05, 0.1) is 0 Å². The molecule has 0 heterocycles. The molecule has 0 radical (unpaired) electrons. The quantitative estimate of drug-likeness (QED) is 0.749. The normalized spacial score (nSPS) is 25.6. The molecule has 1 nitrogen and oxygen atoms in total. The second-order valence-electron chi connectivity index (χ2n) is 6.40. The molecule has 0 bridgehead atoms. The third-order valence-corrected chi connectivity index (χ3v) is 6.63. The van der Waals surface area contributed by atoms with E-state index < -0.39 is 0 Å². The first-order valence-corrected chi connectivity index (χ1v) is 9.36. The average molecular weight is 356 g/mol. The molecule has 2 atom stereocenters. The molecular weight excluding hydrogens is 330 g/mol. The fourth-order valence-electron chi connectivity index (χ4n) is 3.12. The minimum Gasteiger partial charge on any atom is -0.312 e. The van der Waals surface area contributed by atoms with Gasteiger partial charge in [-0.2, -0.15) is 0 Å². The maximum absolute atomic E-state index is 3.82. The molecular formula is C17H26BrNS. The Hall–Kier alpha value is 0.01000. The van der Waals surface area contributed by atoms with Crippen LogP contribution in [0.25, 0.3) is 0 Å². The molecule has 0 saturated heterocycles. The Balaban J connectivity index is 2.13. The zero-order valence-electron chi connectivity index (χ0n) is 12.8. The van der Waals surface area contributed by atoms with Crippen molar-refractivity contribution in [1.82, 2.24) is 5.32 Å². The summed E-state index contributed by atoms with van der Waals surface area (Å²) in [5, 5.41) is 4.49. The van der Waals surface area contributed by atoms with Crippen LogP contribution in [0.3, 0.4) is 0 Å². The molecule has 112 valence electrons. The first-order chi connectivity index (χ1) is 9.54. The number of halogens is 1. The molecule has 0 aromatic heterocycles. The van der Waals surface area contributed by atoms with Crippen LogP contribution in [0.4, 0.5) is 0 Å². The summed E-state index contributed by atoms with van der Waals surface area (Å²) in [6.45, 7) is 8.22. The molecule has 0 spiro atoms. The van der Waals surface area contributed by atoms with Crippen molar-refractivity contribution in [3.63, 3.8) is 0 Å². The van der Waals surface area contributed by atoms with Gasteiger partial charge in [-0.15, -0.1) is 11.8 Å². The third-order valence-electron chi connectivity index (χ3n) is 4.25. The zero-order chi connectivity index (χ0) is 14.6. The van der Waals surface area contributed by atoms with Crippen LogP contribution in [-0.4, -0.2) is 17.8 Å². The van der Waals surface area contributed by atoms with E-state index in [2.05, 4.69) is 66.3 Å². The summed E-state index contributed by atoms with van der Waals surface area (Å²) >= 11 is 5.73. The van der Waals surface area contributed by atoms with Crippen molar-refractivity contribution in [2.45, 2.75) is 62.6 Å². The van der Waals surface area contributed by atoms with Crippen molar-refractivity contribution in [1.29, 1.82) is 0 Å². The Morgan fingerprint density at radius 2 is 2.10 bits per heavy atom. The SMILES string of the molecule is CCCNC1C(Sc2ccccc2Br)CCCC1(C)C. The van der Waals surface area contributed by atoms with Gasteiger partial charge in [-0.25, -0.2) is 0 Å². The van der Waals surface area contributed by atoms with Crippen molar-refractivity contribution < 1.29 is 0 Å². The van der Waals surface area contributed by atoms with Crippen molar-refractivity contribution >= 4 is 27.7 Å². The number of benzene rings is 1. The Morgan fingerprint density at radius 3 is 2.80 bits per heavy atom. The maximum atomic E-state index is 3.82. The number of rotatable bonds is 5. The lowest BCUT2D eigenvalue weighted by Gasteiger charge is -2.44. The highest BCUT2D eigenvalue weighted by molar-refractivity contribution is 9.10. The van der Waals surface area contributed by atoms with E-state index in [0.29, 0.717) is 16.7 Å². The Morgan fingerprint density at radius 1 is 1.35 bits per heavy atom. The van der Waals surface area contributed by atoms with E-state index >= 15 is 0 Å². The van der Waals surface area contributed by atoms with E-state index in [1.165, 1.54) is 35.1 Å². The minimum absolute atomic E-state index is 0.395. The molecule has 2 unspecified atom stereocenters. The number of hydrogen-bond donors (Lipinski definition) is 1. The molecule has 1 aromatic carbocycles. The van der Waals surface area contributed by atoms with E-state index in [1.54, 1.807) is 0 Å². The summed E-state index contributed by atoms with van der Waals surface area (Å²) in [4.78, 5) is 1.37. The van der Waals surface area contributed by atoms with Gasteiger partial charge < -0.3 is 5.32 Å². The van der Waals surface area contributed by atoms with Gasteiger partial charge in [0.25, 0.3) is 0 Å². The average Bonchev–Trinajstić information content (AvgIpc) is 2.40. The molecule has 0 amide bonds. The fraction of sp³-hybridized carbons (Fsp3) is 0.647. The van der Waals surface area contributed by atoms with Crippen LogP contribution in [0.15, 0.2) is 33.6 Å². The zero-order valence-corrected chi connectivity index (χ0v) is 15.2. The van der Waals surface area contributed by atoms with E-state index in [9.17, 15) is 0 Å². The summed E-state index contributed by atoms with van der Waals surface area (Å²) in [5.41, 5.74) is 0.395. The van der Waals surface area contributed by atoms with Crippen molar-refractivity contribution in [2.24, 2.45) is 5.41 Å². The summed E-state index contributed by atoms with van der Waals surface area (Å²) in [5.74, 6) is 0. The number of thioether (sulfide) groups is 1. The van der Waals surface area contributed by atoms with Crippen molar-refractivity contribution in [3.8, 4) is 0 Å². The van der Waals surface area contributed by atoms with Gasteiger partial charge in [-0.1, -0.05) is 39.3 Å². The van der Waals surface area contributed by atoms with Gasteiger partial charge in [0.1, 0.15) is 0 Å². The Kier molecular flexibility index (Phi) is 6.00. The standard InChI is InChI=1S/C17H26BrNS/c1-4-12-19-16-15(10-7-11-17(16,2)3)20-14-9-6-5-8-13(14)18/h5-6,8-9,15-16,19H,4,7,10-12H2,1-3H3. The first-order valence-electron chi connectivity index (χ1n) is 7.69. The molecule has 0 aliphatic heterocycles. The lowest BCUT2D eigenvalue weighted by Crippen LogP contribution is -2.51. The predicted octanol–water partition coefficient (Wildman–Crippen LogP) is 5.49. The molecule has 1 aromatic rings. The largest absolute Gasteiger partial charge is 0.312 e. The molecule has 1 aliphatic carbocycles. The van der Waals surface area contributed by atoms with Gasteiger partial charge in [0.2, 0.25) is 0 Å². The van der Waals surface area contributed by atoms with E-state index in [1.807, 2.05) is 11.8 Å². The molecule has 2 rings (SSSR count). The van der Waals surface area contributed by atoms with Gasteiger partial charge in [-0.05, 0) is 59.3 Å². The third kappa shape index (κ3) is 4.02. The summed E-state index contributed by atoms with van der Waals surface area (Å²) in [6, 6.07) is 9.20. The van der Waals surface area contributed by atoms with Gasteiger partial charge in [0.15, 0.2) is 0 Å². The second-order valence-corrected chi connectivity index (χ2v) is 8.53. The number of nitrogens with one attached hydrogen (secondary N) is 1. The lowest BCUT2D eigenvalue weighted by atomic mass is 9.73. The van der Waals surface area contributed by atoms with Crippen LogP contribution in [0.2, 0.25) is 0 Å². The van der Waals surface area contributed by atoms with Crippen LogP contribution in [-0.2, 0) is 0 Å². The molecule has 1 aliphatic rings. The van der Waals surface area contributed by atoms with Crippen molar-refractivity contribution in [2.75, 3.05) is 6.54 Å². The molecule has 3 heteroatoms. The highest BCUT2D eigenvalue weighted by Gasteiger charge is 2.39. The summed E-state index contributed by atoms with van der Waals surface area (Å²) in [6.07, 6.45) is 5.20. The minimum atomic E-state index is 0.395. The van der Waals surface area contributed by atoms with E-state index in [-0.39, 0.29) is 0 Å². The molecule has 1 fully saturated rings. The van der Waals surface area contributed by atoms with Gasteiger partial charge >= 0.3 is 0 Å². The molecule has 20 heavy (non-hydrogen) atoms. The first kappa shape index (κ1) is 16.4. The van der Waals surface area contributed by atoms with Crippen molar-refractivity contribution in [3.05, 3.63) is 28.7 Å². The maximum Gasteiger partial charge on any atom is 0.0311 e. The van der Waals surface area contributed by atoms with Crippen LogP contribution in [0, 0.1) is 5.41 Å². The Labute approximate surface area is 136 Å². The van der Waals surface area contributed by atoms with Crippen LogP contribution < -0.4 is 5.32 Å². The monoisotopic (exact) mass is 355 g/mol. The van der Waals surface area contributed by atoms with Gasteiger partial charge in [-0.3, -0.25) is 0 Å². The van der Waals surface area contributed by atoms with E-state index in [0.717, 1.165) is 6.54 Å². The molecule has 1 N–H and O–H groups in total. The topological polar surface area (TPSA) is 12.0 Å². The fourth-order valence-corrected chi connectivity index (χ4v) is 5.24. The van der Waals surface area contributed by atoms with Crippen LogP contribution in [0.1, 0.15) is 46.5 Å².